The number of nitrogens with zero attached hydrogens (tertiary/aromatic N) is 2. The molecule has 3 nitrogen and oxygen atoms in total. The Morgan fingerprint density at radius 1 is 1.30 bits per heavy atom. The quantitative estimate of drug-likeness (QED) is 0.904. The smallest absolute Gasteiger partial charge is 0.109 e. The molecule has 3 heteroatoms. The molecule has 20 heavy (non-hydrogen) atoms. The van der Waals surface area contributed by atoms with Gasteiger partial charge in [-0.1, -0.05) is 19.1 Å². The molecule has 0 aliphatic heterocycles. The molecular formula is C17H25N3. The van der Waals surface area contributed by atoms with Crippen LogP contribution in [-0.4, -0.2) is 22.1 Å². The lowest BCUT2D eigenvalue weighted by molar-refractivity contribution is 0.475. The molecule has 2 unspecified atom stereocenters. The topological polar surface area (TPSA) is 29.9 Å². The van der Waals surface area contributed by atoms with Crippen molar-refractivity contribution in [2.24, 2.45) is 13.0 Å². The standard InChI is InChI=1S/C17H25N3/c1-3-10-18-14-9-8-13(11-14)12-17-19-15-6-4-5-7-16(15)20(17)2/h4-7,13-14,18H,3,8-12H2,1-2H3. The van der Waals surface area contributed by atoms with Crippen molar-refractivity contribution in [1.29, 1.82) is 0 Å². The second kappa shape index (κ2) is 5.96. The van der Waals surface area contributed by atoms with E-state index in [0.717, 1.165) is 30.4 Å². The van der Waals surface area contributed by atoms with Gasteiger partial charge in [-0.05, 0) is 50.3 Å². The van der Waals surface area contributed by atoms with Crippen LogP contribution in [0, 0.1) is 5.92 Å². The van der Waals surface area contributed by atoms with Crippen molar-refractivity contribution in [3.63, 3.8) is 0 Å². The van der Waals surface area contributed by atoms with E-state index >= 15 is 0 Å². The zero-order chi connectivity index (χ0) is 13.9. The van der Waals surface area contributed by atoms with E-state index in [4.69, 9.17) is 4.98 Å². The van der Waals surface area contributed by atoms with Crippen LogP contribution in [0.3, 0.4) is 0 Å². The minimum absolute atomic E-state index is 0.731. The highest BCUT2D eigenvalue weighted by molar-refractivity contribution is 5.75. The molecule has 2 atom stereocenters. The van der Waals surface area contributed by atoms with E-state index in [2.05, 4.69) is 48.1 Å². The largest absolute Gasteiger partial charge is 0.331 e. The Balaban J connectivity index is 1.67. The summed E-state index contributed by atoms with van der Waals surface area (Å²) in [6, 6.07) is 9.16. The van der Waals surface area contributed by atoms with Crippen LogP contribution in [0.15, 0.2) is 24.3 Å². The van der Waals surface area contributed by atoms with Crippen molar-refractivity contribution >= 4 is 11.0 Å². The van der Waals surface area contributed by atoms with Crippen LogP contribution in [-0.2, 0) is 13.5 Å². The molecule has 0 saturated heterocycles. The SMILES string of the molecule is CCCNC1CCC(Cc2nc3ccccc3n2C)C1. The molecule has 1 aromatic carbocycles. The summed E-state index contributed by atoms with van der Waals surface area (Å²) in [5.74, 6) is 2.03. The first-order valence-electron chi connectivity index (χ1n) is 7.91. The van der Waals surface area contributed by atoms with Crippen LogP contribution < -0.4 is 5.32 Å². The van der Waals surface area contributed by atoms with Crippen molar-refractivity contribution in [1.82, 2.24) is 14.9 Å². The molecule has 1 heterocycles. The Hall–Kier alpha value is -1.35. The summed E-state index contributed by atoms with van der Waals surface area (Å²) >= 11 is 0. The molecule has 0 bridgehead atoms. The zero-order valence-corrected chi connectivity index (χ0v) is 12.6. The number of hydrogen-bond donors (Lipinski definition) is 1. The Kier molecular flexibility index (Phi) is 4.06. The van der Waals surface area contributed by atoms with Gasteiger partial charge in [0.2, 0.25) is 0 Å². The fourth-order valence-corrected chi connectivity index (χ4v) is 3.43. The molecule has 108 valence electrons. The highest BCUT2D eigenvalue weighted by Gasteiger charge is 2.25. The number of rotatable bonds is 5. The maximum atomic E-state index is 4.81. The van der Waals surface area contributed by atoms with Gasteiger partial charge in [0.05, 0.1) is 11.0 Å². The molecule has 1 saturated carbocycles. The van der Waals surface area contributed by atoms with Gasteiger partial charge < -0.3 is 9.88 Å². The third-order valence-corrected chi connectivity index (χ3v) is 4.58. The van der Waals surface area contributed by atoms with E-state index in [1.807, 2.05) is 0 Å². The molecule has 2 aromatic rings. The van der Waals surface area contributed by atoms with Crippen molar-refractivity contribution in [3.8, 4) is 0 Å². The molecule has 0 radical (unpaired) electrons. The number of para-hydroxylation sites is 2. The van der Waals surface area contributed by atoms with Crippen LogP contribution in [0.2, 0.25) is 0 Å². The van der Waals surface area contributed by atoms with Gasteiger partial charge in [-0.25, -0.2) is 4.98 Å². The number of hydrogen-bond acceptors (Lipinski definition) is 2. The van der Waals surface area contributed by atoms with Crippen LogP contribution in [0.1, 0.15) is 38.4 Å². The predicted molar refractivity (Wildman–Crippen MR) is 83.8 cm³/mol. The minimum atomic E-state index is 0.731. The number of nitrogens with one attached hydrogen (secondary N) is 1. The summed E-state index contributed by atoms with van der Waals surface area (Å²) in [4.78, 5) is 4.81. The van der Waals surface area contributed by atoms with E-state index < -0.39 is 0 Å². The van der Waals surface area contributed by atoms with Gasteiger partial charge in [0.1, 0.15) is 5.82 Å². The van der Waals surface area contributed by atoms with Crippen molar-refractivity contribution in [3.05, 3.63) is 30.1 Å². The first kappa shape index (κ1) is 13.6. The van der Waals surface area contributed by atoms with Crippen LogP contribution in [0.5, 0.6) is 0 Å². The second-order valence-electron chi connectivity index (χ2n) is 6.11. The lowest BCUT2D eigenvalue weighted by atomic mass is 10.0. The van der Waals surface area contributed by atoms with Gasteiger partial charge in [-0.3, -0.25) is 0 Å². The van der Waals surface area contributed by atoms with E-state index in [1.54, 1.807) is 0 Å². The van der Waals surface area contributed by atoms with Gasteiger partial charge in [-0.2, -0.15) is 0 Å². The Bertz CT molecular complexity index is 573. The summed E-state index contributed by atoms with van der Waals surface area (Å²) in [5.41, 5.74) is 2.38. The number of benzene rings is 1. The normalized spacial score (nSPS) is 22.7. The Morgan fingerprint density at radius 3 is 2.95 bits per heavy atom. The lowest BCUT2D eigenvalue weighted by Gasteiger charge is -2.12. The minimum Gasteiger partial charge on any atom is -0.331 e. The molecule has 1 fully saturated rings. The molecule has 0 amide bonds. The summed E-state index contributed by atoms with van der Waals surface area (Å²) in [6.07, 6.45) is 6.32. The fourth-order valence-electron chi connectivity index (χ4n) is 3.43. The first-order chi connectivity index (χ1) is 9.78. The highest BCUT2D eigenvalue weighted by atomic mass is 15.1. The number of fused-ring (bicyclic) bond motifs is 1. The molecule has 1 N–H and O–H groups in total. The Morgan fingerprint density at radius 2 is 2.15 bits per heavy atom. The van der Waals surface area contributed by atoms with E-state index in [-0.39, 0.29) is 0 Å². The zero-order valence-electron chi connectivity index (χ0n) is 12.6. The van der Waals surface area contributed by atoms with Crippen molar-refractivity contribution in [2.75, 3.05) is 6.54 Å². The average molecular weight is 271 g/mol. The monoisotopic (exact) mass is 271 g/mol. The number of aryl methyl sites for hydroxylation is 1. The summed E-state index contributed by atoms with van der Waals surface area (Å²) in [7, 11) is 2.15. The van der Waals surface area contributed by atoms with Crippen molar-refractivity contribution < 1.29 is 0 Å². The van der Waals surface area contributed by atoms with Crippen LogP contribution in [0.25, 0.3) is 11.0 Å². The first-order valence-corrected chi connectivity index (χ1v) is 7.91. The summed E-state index contributed by atoms with van der Waals surface area (Å²) in [5, 5.41) is 3.66. The molecule has 1 aromatic heterocycles. The predicted octanol–water partition coefficient (Wildman–Crippen LogP) is 3.28. The van der Waals surface area contributed by atoms with Gasteiger partial charge in [0.25, 0.3) is 0 Å². The fraction of sp³-hybridized carbons (Fsp3) is 0.588. The van der Waals surface area contributed by atoms with Gasteiger partial charge in [-0.15, -0.1) is 0 Å². The van der Waals surface area contributed by atoms with Gasteiger partial charge >= 0.3 is 0 Å². The van der Waals surface area contributed by atoms with Crippen LogP contribution >= 0.6 is 0 Å². The molecular weight excluding hydrogens is 246 g/mol. The van der Waals surface area contributed by atoms with Crippen molar-refractivity contribution in [2.45, 2.75) is 45.1 Å². The highest BCUT2D eigenvalue weighted by Crippen LogP contribution is 2.29. The van der Waals surface area contributed by atoms with E-state index in [1.165, 1.54) is 37.0 Å². The lowest BCUT2D eigenvalue weighted by Crippen LogP contribution is -2.27. The maximum absolute atomic E-state index is 4.81. The third-order valence-electron chi connectivity index (χ3n) is 4.58. The molecule has 3 rings (SSSR count). The average Bonchev–Trinajstić information content (AvgIpc) is 3.03. The molecule has 1 aliphatic carbocycles. The number of imidazole rings is 1. The summed E-state index contributed by atoms with van der Waals surface area (Å²) < 4.78 is 2.27. The maximum Gasteiger partial charge on any atom is 0.109 e. The molecule has 1 aliphatic rings. The second-order valence-corrected chi connectivity index (χ2v) is 6.11. The third kappa shape index (κ3) is 2.73. The van der Waals surface area contributed by atoms with Gasteiger partial charge in [0.15, 0.2) is 0 Å². The summed E-state index contributed by atoms with van der Waals surface area (Å²) in [6.45, 7) is 3.39. The van der Waals surface area contributed by atoms with E-state index in [9.17, 15) is 0 Å². The number of aromatic nitrogens is 2. The van der Waals surface area contributed by atoms with Gasteiger partial charge in [0, 0.05) is 19.5 Å². The van der Waals surface area contributed by atoms with E-state index in [0.29, 0.717) is 0 Å². The molecule has 0 spiro atoms. The van der Waals surface area contributed by atoms with Crippen LogP contribution in [0.4, 0.5) is 0 Å². The Labute approximate surface area is 121 Å².